The van der Waals surface area contributed by atoms with Crippen molar-refractivity contribution >= 4 is 21.7 Å². The third-order valence-corrected chi connectivity index (χ3v) is 2.73. The second-order valence-electron chi connectivity index (χ2n) is 3.52. The van der Waals surface area contributed by atoms with Crippen LogP contribution in [0.3, 0.4) is 0 Å². The molecule has 1 aromatic rings. The minimum atomic E-state index is -0.0393. The molecule has 0 saturated heterocycles. The largest absolute Gasteiger partial charge is 0.392 e. The summed E-state index contributed by atoms with van der Waals surface area (Å²) >= 11 is 3.34. The lowest BCUT2D eigenvalue weighted by molar-refractivity contribution is 0.205. The van der Waals surface area contributed by atoms with Crippen LogP contribution in [0.25, 0.3) is 0 Å². The maximum atomic E-state index is 9.34. The molecule has 0 fully saturated rings. The summed E-state index contributed by atoms with van der Waals surface area (Å²) in [5.74, 6) is 0.771. The van der Waals surface area contributed by atoms with Gasteiger partial charge in [0, 0.05) is 36.4 Å². The number of ether oxygens (including phenoxy) is 1. The van der Waals surface area contributed by atoms with Crippen LogP contribution < -0.4 is 4.90 Å². The smallest absolute Gasteiger partial charge is 0.134 e. The van der Waals surface area contributed by atoms with Gasteiger partial charge in [-0.2, -0.15) is 0 Å². The highest BCUT2D eigenvalue weighted by Crippen LogP contribution is 2.21. The molecule has 1 N–H and O–H groups in total. The van der Waals surface area contributed by atoms with Crippen molar-refractivity contribution in [2.45, 2.75) is 6.61 Å². The van der Waals surface area contributed by atoms with Gasteiger partial charge in [0.2, 0.25) is 0 Å². The van der Waals surface area contributed by atoms with Gasteiger partial charge in [-0.25, -0.2) is 4.98 Å². The first-order valence-corrected chi connectivity index (χ1v) is 6.12. The zero-order chi connectivity index (χ0) is 12.7. The second-order valence-corrected chi connectivity index (χ2v) is 4.44. The maximum absolute atomic E-state index is 9.34. The number of methoxy groups -OCH3 is 1. The Morgan fingerprint density at radius 1 is 1.65 bits per heavy atom. The summed E-state index contributed by atoms with van der Waals surface area (Å²) in [6.07, 6.45) is 3.53. The van der Waals surface area contributed by atoms with Crippen molar-refractivity contribution in [2.75, 3.05) is 31.7 Å². The summed E-state index contributed by atoms with van der Waals surface area (Å²) in [5.41, 5.74) is 0.789. The van der Waals surface area contributed by atoms with Crippen LogP contribution in [0.1, 0.15) is 5.56 Å². The lowest BCUT2D eigenvalue weighted by Crippen LogP contribution is -2.29. The average Bonchev–Trinajstić information content (AvgIpc) is 2.34. The zero-order valence-corrected chi connectivity index (χ0v) is 11.5. The number of nitrogens with zero attached hydrogens (tertiary/aromatic N) is 2. The number of hydrogen-bond acceptors (Lipinski definition) is 4. The van der Waals surface area contributed by atoms with Gasteiger partial charge < -0.3 is 14.7 Å². The van der Waals surface area contributed by atoms with Gasteiger partial charge in [0.1, 0.15) is 5.82 Å². The van der Waals surface area contributed by atoms with Gasteiger partial charge in [0.15, 0.2) is 0 Å². The fraction of sp³-hybridized carbons (Fsp3) is 0.417. The van der Waals surface area contributed by atoms with Gasteiger partial charge >= 0.3 is 0 Å². The summed E-state index contributed by atoms with van der Waals surface area (Å²) in [7, 11) is 1.66. The Hall–Kier alpha value is -0.910. The molecule has 1 aromatic heterocycles. The monoisotopic (exact) mass is 300 g/mol. The van der Waals surface area contributed by atoms with Crippen LogP contribution in [0.2, 0.25) is 0 Å². The molecule has 0 aromatic carbocycles. The number of aliphatic hydroxyl groups excluding tert-OH is 1. The van der Waals surface area contributed by atoms with E-state index in [1.54, 1.807) is 19.4 Å². The Balaban J connectivity index is 2.95. The highest BCUT2D eigenvalue weighted by Gasteiger charge is 2.11. The van der Waals surface area contributed by atoms with Crippen molar-refractivity contribution in [3.63, 3.8) is 0 Å². The first-order chi connectivity index (χ1) is 8.22. The van der Waals surface area contributed by atoms with E-state index in [4.69, 9.17) is 4.74 Å². The highest BCUT2D eigenvalue weighted by molar-refractivity contribution is 9.10. The van der Waals surface area contributed by atoms with Gasteiger partial charge in [0.05, 0.1) is 13.2 Å². The number of hydrogen-bond donors (Lipinski definition) is 1. The molecule has 17 heavy (non-hydrogen) atoms. The molecule has 0 saturated carbocycles. The molecule has 0 unspecified atom stereocenters. The number of aromatic nitrogens is 1. The SMILES string of the molecule is C=CCN(CCOC)c1ncc(Br)cc1CO. The van der Waals surface area contributed by atoms with Crippen LogP contribution in [0.15, 0.2) is 29.4 Å². The van der Waals surface area contributed by atoms with Crippen molar-refractivity contribution in [1.82, 2.24) is 4.98 Å². The van der Waals surface area contributed by atoms with Gasteiger partial charge in [-0.1, -0.05) is 6.08 Å². The summed E-state index contributed by atoms with van der Waals surface area (Å²) in [6, 6.07) is 1.87. The summed E-state index contributed by atoms with van der Waals surface area (Å²) in [5, 5.41) is 9.34. The Kier molecular flexibility index (Phi) is 6.18. The number of aliphatic hydroxyl groups is 1. The summed E-state index contributed by atoms with van der Waals surface area (Å²) in [6.45, 7) is 5.68. The Morgan fingerprint density at radius 3 is 3.00 bits per heavy atom. The second kappa shape index (κ2) is 7.42. The molecule has 0 radical (unpaired) electrons. The van der Waals surface area contributed by atoms with E-state index in [0.717, 1.165) is 15.9 Å². The number of rotatable bonds is 7. The third kappa shape index (κ3) is 4.11. The zero-order valence-electron chi connectivity index (χ0n) is 9.90. The molecule has 4 nitrogen and oxygen atoms in total. The standard InChI is InChI=1S/C12H17BrN2O2/c1-3-4-15(5-6-17-2)12-10(9-16)7-11(13)8-14-12/h3,7-8,16H,1,4-6,9H2,2H3. The van der Waals surface area contributed by atoms with E-state index in [-0.39, 0.29) is 6.61 Å². The van der Waals surface area contributed by atoms with Crippen molar-refractivity contribution in [3.05, 3.63) is 35.0 Å². The molecule has 0 amide bonds. The predicted octanol–water partition coefficient (Wildman–Crippen LogP) is 1.98. The lowest BCUT2D eigenvalue weighted by atomic mass is 10.2. The first-order valence-electron chi connectivity index (χ1n) is 5.33. The van der Waals surface area contributed by atoms with Crippen LogP contribution in [0.5, 0.6) is 0 Å². The first kappa shape index (κ1) is 14.2. The summed E-state index contributed by atoms with van der Waals surface area (Å²) < 4.78 is 5.92. The fourth-order valence-corrected chi connectivity index (χ4v) is 1.89. The number of pyridine rings is 1. The highest BCUT2D eigenvalue weighted by atomic mass is 79.9. The van der Waals surface area contributed by atoms with Crippen LogP contribution in [0, 0.1) is 0 Å². The van der Waals surface area contributed by atoms with Gasteiger partial charge in [-0.05, 0) is 22.0 Å². The third-order valence-electron chi connectivity index (χ3n) is 2.29. The quantitative estimate of drug-likeness (QED) is 0.782. The van der Waals surface area contributed by atoms with Gasteiger partial charge in [0.25, 0.3) is 0 Å². The van der Waals surface area contributed by atoms with Crippen LogP contribution in [-0.2, 0) is 11.3 Å². The average molecular weight is 301 g/mol. The summed E-state index contributed by atoms with van der Waals surface area (Å²) in [4.78, 5) is 6.36. The molecule has 94 valence electrons. The predicted molar refractivity (Wildman–Crippen MR) is 72.1 cm³/mol. The van der Waals surface area contributed by atoms with E-state index in [2.05, 4.69) is 27.5 Å². The van der Waals surface area contributed by atoms with Crippen molar-refractivity contribution in [1.29, 1.82) is 0 Å². The molecule has 1 heterocycles. The molecule has 0 atom stereocenters. The number of anilines is 1. The topological polar surface area (TPSA) is 45.6 Å². The molecule has 0 aliphatic rings. The molecule has 0 aliphatic heterocycles. The maximum Gasteiger partial charge on any atom is 0.134 e. The molecular formula is C12H17BrN2O2. The molecule has 1 rings (SSSR count). The van der Waals surface area contributed by atoms with E-state index < -0.39 is 0 Å². The van der Waals surface area contributed by atoms with Gasteiger partial charge in [-0.15, -0.1) is 6.58 Å². The van der Waals surface area contributed by atoms with E-state index in [9.17, 15) is 5.11 Å². The normalized spacial score (nSPS) is 10.3. The van der Waals surface area contributed by atoms with E-state index in [0.29, 0.717) is 19.7 Å². The Labute approximate surface area is 110 Å². The minimum absolute atomic E-state index is 0.0393. The molecule has 5 heteroatoms. The lowest BCUT2D eigenvalue weighted by Gasteiger charge is -2.23. The number of halogens is 1. The van der Waals surface area contributed by atoms with E-state index in [1.807, 2.05) is 11.0 Å². The van der Waals surface area contributed by atoms with Crippen molar-refractivity contribution in [3.8, 4) is 0 Å². The molecule has 0 spiro atoms. The molecular weight excluding hydrogens is 284 g/mol. The van der Waals surface area contributed by atoms with Crippen LogP contribution in [-0.4, -0.2) is 36.9 Å². The van der Waals surface area contributed by atoms with Crippen LogP contribution in [0.4, 0.5) is 5.82 Å². The van der Waals surface area contributed by atoms with E-state index in [1.165, 1.54) is 0 Å². The van der Waals surface area contributed by atoms with Crippen LogP contribution >= 0.6 is 15.9 Å². The Morgan fingerprint density at radius 2 is 2.41 bits per heavy atom. The van der Waals surface area contributed by atoms with Gasteiger partial charge in [-0.3, -0.25) is 0 Å². The minimum Gasteiger partial charge on any atom is -0.392 e. The van der Waals surface area contributed by atoms with Crippen molar-refractivity contribution < 1.29 is 9.84 Å². The Bertz CT molecular complexity index is 372. The van der Waals surface area contributed by atoms with E-state index >= 15 is 0 Å². The molecule has 0 bridgehead atoms. The fourth-order valence-electron chi connectivity index (χ4n) is 1.52. The van der Waals surface area contributed by atoms with Crippen molar-refractivity contribution in [2.24, 2.45) is 0 Å². The molecule has 0 aliphatic carbocycles.